The van der Waals surface area contributed by atoms with Crippen molar-refractivity contribution in [3.8, 4) is 0 Å². The van der Waals surface area contributed by atoms with Crippen LogP contribution in [0.4, 0.5) is 15.3 Å². The van der Waals surface area contributed by atoms with E-state index >= 15 is 0 Å². The Morgan fingerprint density at radius 2 is 1.82 bits per heavy atom. The van der Waals surface area contributed by atoms with Gasteiger partial charge in [-0.3, -0.25) is 4.90 Å². The predicted octanol–water partition coefficient (Wildman–Crippen LogP) is 2.70. The Labute approximate surface area is 194 Å². The van der Waals surface area contributed by atoms with Gasteiger partial charge in [-0.05, 0) is 80.2 Å². The highest BCUT2D eigenvalue weighted by atomic mass is 32.2. The average Bonchev–Trinajstić information content (AvgIpc) is 3.50. The highest BCUT2D eigenvalue weighted by molar-refractivity contribution is 7.92. The van der Waals surface area contributed by atoms with Crippen LogP contribution in [0.15, 0.2) is 17.6 Å². The fraction of sp³-hybridized carbons (Fsp3) is 0.565. The van der Waals surface area contributed by atoms with Crippen molar-refractivity contribution in [2.75, 3.05) is 32.0 Å². The lowest BCUT2D eigenvalue weighted by atomic mass is 9.99. The van der Waals surface area contributed by atoms with Gasteiger partial charge < -0.3 is 15.3 Å². The minimum atomic E-state index is -3.96. The number of nitrogens with zero attached hydrogens (tertiary/aromatic N) is 2. The summed E-state index contributed by atoms with van der Waals surface area (Å²) >= 11 is 0. The molecule has 4 rings (SSSR count). The van der Waals surface area contributed by atoms with Crippen molar-refractivity contribution in [1.29, 1.82) is 0 Å². The van der Waals surface area contributed by atoms with Gasteiger partial charge in [0.05, 0.1) is 0 Å². The van der Waals surface area contributed by atoms with Gasteiger partial charge in [-0.1, -0.05) is 12.1 Å². The standard InChI is InChI=1S/C23H32N4O5S/c1-26(23(29)30)12-13-27-11-4-7-18(27)10-14-33(31,32)25-22(28)24-21-19-8-2-5-16(19)15-17-6-3-9-20(17)21/h10,14-15,18H,2-9,11-13H2,1H3,(H,29,30)(H2,24,25,28). The highest BCUT2D eigenvalue weighted by Crippen LogP contribution is 2.38. The molecule has 33 heavy (non-hydrogen) atoms. The quantitative estimate of drug-likeness (QED) is 0.557. The maximum atomic E-state index is 12.6. The van der Waals surface area contributed by atoms with Gasteiger partial charge in [0.25, 0.3) is 10.0 Å². The third-order valence-corrected chi connectivity index (χ3v) is 7.88. The maximum Gasteiger partial charge on any atom is 0.407 e. The molecule has 0 radical (unpaired) electrons. The smallest absolute Gasteiger partial charge is 0.407 e. The topological polar surface area (TPSA) is 119 Å². The van der Waals surface area contributed by atoms with Gasteiger partial charge in [0, 0.05) is 37.3 Å². The molecule has 0 bridgehead atoms. The molecule has 1 aromatic rings. The fourth-order valence-corrected chi connectivity index (χ4v) is 5.95. The number of urea groups is 1. The van der Waals surface area contributed by atoms with Gasteiger partial charge in [-0.15, -0.1) is 0 Å². The Kier molecular flexibility index (Phi) is 6.94. The maximum absolute atomic E-state index is 12.6. The second-order valence-corrected chi connectivity index (χ2v) is 10.7. The Bertz CT molecular complexity index is 1040. The van der Waals surface area contributed by atoms with E-state index in [1.807, 2.05) is 0 Å². The summed E-state index contributed by atoms with van der Waals surface area (Å²) in [5.74, 6) is 0. The van der Waals surface area contributed by atoms with Gasteiger partial charge in [0.15, 0.2) is 0 Å². The molecule has 1 saturated heterocycles. The lowest BCUT2D eigenvalue weighted by Crippen LogP contribution is -2.38. The van der Waals surface area contributed by atoms with Crippen LogP contribution in [-0.2, 0) is 35.7 Å². The molecule has 1 aliphatic heterocycles. The molecular formula is C23H32N4O5S. The van der Waals surface area contributed by atoms with Crippen LogP contribution in [0.3, 0.4) is 0 Å². The van der Waals surface area contributed by atoms with Crippen LogP contribution < -0.4 is 10.0 Å². The molecule has 2 aliphatic carbocycles. The molecule has 1 heterocycles. The number of hydrogen-bond acceptors (Lipinski definition) is 5. The van der Waals surface area contributed by atoms with Crippen molar-refractivity contribution in [3.63, 3.8) is 0 Å². The summed E-state index contributed by atoms with van der Waals surface area (Å²) in [5.41, 5.74) is 5.63. The lowest BCUT2D eigenvalue weighted by Gasteiger charge is -2.24. The molecule has 180 valence electrons. The number of rotatable bonds is 7. The van der Waals surface area contributed by atoms with Gasteiger partial charge in [0.2, 0.25) is 0 Å². The van der Waals surface area contributed by atoms with Crippen LogP contribution in [0.5, 0.6) is 0 Å². The summed E-state index contributed by atoms with van der Waals surface area (Å²) in [6, 6.07) is 1.42. The Hall–Kier alpha value is -2.59. The first-order chi connectivity index (χ1) is 15.7. The fourth-order valence-electron chi connectivity index (χ4n) is 5.19. The number of likely N-dealkylation sites (tertiary alicyclic amines) is 1. The molecule has 3 amide bonds. The Morgan fingerprint density at radius 3 is 2.45 bits per heavy atom. The molecule has 3 N–H and O–H groups in total. The second kappa shape index (κ2) is 9.72. The SMILES string of the molecule is CN(CCN1CCCC1C=CS(=O)(=O)NC(=O)Nc1c2c(cc3c1CCC3)CCC2)C(=O)O. The minimum Gasteiger partial charge on any atom is -0.465 e. The number of sulfonamides is 1. The van der Waals surface area contributed by atoms with Crippen LogP contribution in [0.25, 0.3) is 0 Å². The third kappa shape index (κ3) is 5.50. The summed E-state index contributed by atoms with van der Waals surface area (Å²) < 4.78 is 27.2. The number of carbonyl (C=O) groups is 2. The minimum absolute atomic E-state index is 0.104. The van der Waals surface area contributed by atoms with Crippen molar-refractivity contribution in [1.82, 2.24) is 14.5 Å². The van der Waals surface area contributed by atoms with Gasteiger partial charge >= 0.3 is 12.1 Å². The summed E-state index contributed by atoms with van der Waals surface area (Å²) in [4.78, 5) is 26.9. The van der Waals surface area contributed by atoms with E-state index in [0.29, 0.717) is 13.1 Å². The van der Waals surface area contributed by atoms with Crippen molar-refractivity contribution < 1.29 is 23.1 Å². The van der Waals surface area contributed by atoms with Crippen LogP contribution >= 0.6 is 0 Å². The monoisotopic (exact) mass is 476 g/mol. The van der Waals surface area contributed by atoms with E-state index in [1.54, 1.807) is 6.08 Å². The molecular weight excluding hydrogens is 444 g/mol. The first-order valence-corrected chi connectivity index (χ1v) is 13.1. The van der Waals surface area contributed by atoms with Gasteiger partial charge in [-0.25, -0.2) is 22.7 Å². The average molecular weight is 477 g/mol. The Morgan fingerprint density at radius 1 is 1.15 bits per heavy atom. The summed E-state index contributed by atoms with van der Waals surface area (Å²) in [6.45, 7) is 1.65. The van der Waals surface area contributed by atoms with Crippen molar-refractivity contribution in [2.45, 2.75) is 57.4 Å². The van der Waals surface area contributed by atoms with Gasteiger partial charge in [0.1, 0.15) is 0 Å². The number of aryl methyl sites for hydroxylation is 2. The molecule has 1 aromatic carbocycles. The van der Waals surface area contributed by atoms with E-state index in [2.05, 4.69) is 21.0 Å². The molecule has 10 heteroatoms. The molecule has 9 nitrogen and oxygen atoms in total. The molecule has 1 atom stereocenters. The first kappa shape index (κ1) is 23.6. The Balaban J connectivity index is 1.38. The highest BCUT2D eigenvalue weighted by Gasteiger charge is 2.26. The van der Waals surface area contributed by atoms with E-state index in [1.165, 1.54) is 23.1 Å². The number of likely N-dealkylation sites (N-methyl/N-ethyl adjacent to an activating group) is 1. The predicted molar refractivity (Wildman–Crippen MR) is 126 cm³/mol. The number of amides is 3. The van der Waals surface area contributed by atoms with Gasteiger partial charge in [-0.2, -0.15) is 0 Å². The number of benzene rings is 1. The zero-order chi connectivity index (χ0) is 23.6. The van der Waals surface area contributed by atoms with E-state index in [-0.39, 0.29) is 6.04 Å². The summed E-state index contributed by atoms with van der Waals surface area (Å²) in [6.07, 6.45) is 8.20. The number of carboxylic acid groups (broad SMARTS) is 1. The molecule has 0 saturated carbocycles. The number of carbonyl (C=O) groups excluding carboxylic acids is 1. The zero-order valence-electron chi connectivity index (χ0n) is 19.0. The molecule has 1 fully saturated rings. The van der Waals surface area contributed by atoms with Crippen molar-refractivity contribution in [3.05, 3.63) is 39.8 Å². The number of hydrogen-bond donors (Lipinski definition) is 3. The van der Waals surface area contributed by atoms with Crippen LogP contribution in [-0.4, -0.2) is 68.2 Å². The third-order valence-electron chi connectivity index (χ3n) is 6.89. The molecule has 3 aliphatic rings. The normalized spacial score (nSPS) is 20.1. The van der Waals surface area contributed by atoms with Crippen molar-refractivity contribution in [2.24, 2.45) is 0 Å². The zero-order valence-corrected chi connectivity index (χ0v) is 19.8. The van der Waals surface area contributed by atoms with E-state index in [9.17, 15) is 18.0 Å². The lowest BCUT2D eigenvalue weighted by molar-refractivity contribution is 0.148. The van der Waals surface area contributed by atoms with Crippen LogP contribution in [0.1, 0.15) is 47.9 Å². The van der Waals surface area contributed by atoms with Crippen LogP contribution in [0.2, 0.25) is 0 Å². The molecule has 0 aromatic heterocycles. The number of nitrogens with one attached hydrogen (secondary N) is 2. The number of anilines is 1. The van der Waals surface area contributed by atoms with Crippen molar-refractivity contribution >= 4 is 27.8 Å². The number of fused-ring (bicyclic) bond motifs is 2. The van der Waals surface area contributed by atoms with E-state index in [0.717, 1.165) is 80.1 Å². The van der Waals surface area contributed by atoms with Crippen LogP contribution in [0, 0.1) is 0 Å². The molecule has 1 unspecified atom stereocenters. The first-order valence-electron chi connectivity index (χ1n) is 11.6. The summed E-state index contributed by atoms with van der Waals surface area (Å²) in [7, 11) is -2.45. The largest absolute Gasteiger partial charge is 0.465 e. The van der Waals surface area contributed by atoms with E-state index in [4.69, 9.17) is 5.11 Å². The second-order valence-electron chi connectivity index (χ2n) is 9.11. The summed E-state index contributed by atoms with van der Waals surface area (Å²) in [5, 5.41) is 12.9. The molecule has 0 spiro atoms. The van der Waals surface area contributed by atoms with E-state index < -0.39 is 22.1 Å².